The van der Waals surface area contributed by atoms with Crippen LogP contribution >= 0.6 is 0 Å². The van der Waals surface area contributed by atoms with E-state index in [-0.39, 0.29) is 0 Å². The van der Waals surface area contributed by atoms with Crippen molar-refractivity contribution in [1.29, 1.82) is 0 Å². The van der Waals surface area contributed by atoms with Crippen LogP contribution in [0.15, 0.2) is 60.8 Å². The molecule has 2 aromatic carbocycles. The first kappa shape index (κ1) is 15.7. The first-order valence-corrected chi connectivity index (χ1v) is 7.81. The highest BCUT2D eigenvalue weighted by molar-refractivity contribution is 5.90. The quantitative estimate of drug-likeness (QED) is 0.743. The molecule has 0 aliphatic heterocycles. The van der Waals surface area contributed by atoms with Gasteiger partial charge in [-0.15, -0.1) is 0 Å². The minimum Gasteiger partial charge on any atom is -0.465 e. The molecule has 0 aliphatic rings. The van der Waals surface area contributed by atoms with E-state index >= 15 is 0 Å². The summed E-state index contributed by atoms with van der Waals surface area (Å²) in [5, 5.41) is 10.3. The maximum absolute atomic E-state index is 11.2. The van der Waals surface area contributed by atoms with Crippen molar-refractivity contribution in [2.24, 2.45) is 0 Å². The molecule has 4 nitrogen and oxygen atoms in total. The number of para-hydroxylation sites is 1. The molecule has 0 fully saturated rings. The molecule has 120 valence electrons. The Bertz CT molecular complexity index is 880. The van der Waals surface area contributed by atoms with E-state index in [0.717, 1.165) is 22.0 Å². The fourth-order valence-electron chi connectivity index (χ4n) is 2.64. The summed E-state index contributed by atoms with van der Waals surface area (Å²) in [6, 6.07) is 17.5. The second-order valence-electron chi connectivity index (χ2n) is 5.37. The molecule has 0 aliphatic carbocycles. The summed E-state index contributed by atoms with van der Waals surface area (Å²) >= 11 is 0. The second kappa shape index (κ2) is 6.96. The van der Waals surface area contributed by atoms with Gasteiger partial charge in [0, 0.05) is 23.8 Å². The van der Waals surface area contributed by atoms with Crippen molar-refractivity contribution in [2.75, 3.05) is 11.4 Å². The maximum Gasteiger partial charge on any atom is 0.411 e. The number of hydrogen-bond acceptors (Lipinski definition) is 2. The third kappa shape index (κ3) is 3.27. The smallest absolute Gasteiger partial charge is 0.411 e. The van der Waals surface area contributed by atoms with Crippen LogP contribution in [0, 0.1) is 0 Å². The highest BCUT2D eigenvalue weighted by Gasteiger charge is 2.10. The van der Waals surface area contributed by atoms with E-state index in [9.17, 15) is 4.79 Å². The first-order valence-electron chi connectivity index (χ1n) is 7.81. The van der Waals surface area contributed by atoms with Crippen LogP contribution in [0.2, 0.25) is 0 Å². The summed E-state index contributed by atoms with van der Waals surface area (Å²) in [5.74, 6) is 0. The molecule has 0 bridgehead atoms. The molecule has 1 N–H and O–H groups in total. The average molecular weight is 318 g/mol. The van der Waals surface area contributed by atoms with Crippen molar-refractivity contribution >= 4 is 34.8 Å². The van der Waals surface area contributed by atoms with Crippen LogP contribution in [0.1, 0.15) is 18.1 Å². The summed E-state index contributed by atoms with van der Waals surface area (Å²) in [6.45, 7) is 2.24. The van der Waals surface area contributed by atoms with Crippen molar-refractivity contribution in [2.45, 2.75) is 6.92 Å². The van der Waals surface area contributed by atoms with Crippen molar-refractivity contribution in [3.63, 3.8) is 0 Å². The lowest BCUT2D eigenvalue weighted by atomic mass is 10.1. The number of pyridine rings is 1. The molecule has 0 radical (unpaired) electrons. The van der Waals surface area contributed by atoms with Gasteiger partial charge in [-0.3, -0.25) is 9.88 Å². The Kier molecular flexibility index (Phi) is 4.57. The fourth-order valence-corrected chi connectivity index (χ4v) is 2.64. The Balaban J connectivity index is 1.85. The van der Waals surface area contributed by atoms with E-state index in [1.807, 2.05) is 67.6 Å². The van der Waals surface area contributed by atoms with Crippen LogP contribution in [0.4, 0.5) is 10.5 Å². The lowest BCUT2D eigenvalue weighted by Gasteiger charge is -2.16. The van der Waals surface area contributed by atoms with Gasteiger partial charge in [0.2, 0.25) is 0 Å². The predicted molar refractivity (Wildman–Crippen MR) is 98.2 cm³/mol. The van der Waals surface area contributed by atoms with Gasteiger partial charge in [0.1, 0.15) is 0 Å². The Morgan fingerprint density at radius 2 is 1.83 bits per heavy atom. The molecule has 0 spiro atoms. The van der Waals surface area contributed by atoms with Crippen molar-refractivity contribution < 1.29 is 9.90 Å². The van der Waals surface area contributed by atoms with Crippen LogP contribution in [-0.4, -0.2) is 22.7 Å². The van der Waals surface area contributed by atoms with Gasteiger partial charge in [0.15, 0.2) is 0 Å². The van der Waals surface area contributed by atoms with Crippen molar-refractivity contribution in [3.05, 3.63) is 71.9 Å². The average Bonchev–Trinajstić information content (AvgIpc) is 2.61. The Labute approximate surface area is 140 Å². The van der Waals surface area contributed by atoms with Crippen molar-refractivity contribution in [1.82, 2.24) is 4.98 Å². The van der Waals surface area contributed by atoms with Crippen LogP contribution in [0.3, 0.4) is 0 Å². The zero-order chi connectivity index (χ0) is 16.9. The van der Waals surface area contributed by atoms with E-state index in [4.69, 9.17) is 5.11 Å². The second-order valence-corrected chi connectivity index (χ2v) is 5.37. The van der Waals surface area contributed by atoms with Gasteiger partial charge in [-0.2, -0.15) is 0 Å². The van der Waals surface area contributed by atoms with E-state index in [1.165, 1.54) is 4.90 Å². The lowest BCUT2D eigenvalue weighted by Crippen LogP contribution is -2.28. The van der Waals surface area contributed by atoms with Gasteiger partial charge in [-0.1, -0.05) is 42.5 Å². The van der Waals surface area contributed by atoms with Gasteiger partial charge >= 0.3 is 6.09 Å². The van der Waals surface area contributed by atoms with Crippen LogP contribution in [0.5, 0.6) is 0 Å². The fraction of sp³-hybridized carbons (Fsp3) is 0.100. The molecule has 0 atom stereocenters. The van der Waals surface area contributed by atoms with Gasteiger partial charge in [0.25, 0.3) is 0 Å². The molecule has 1 amide bonds. The molecule has 0 saturated carbocycles. The largest absolute Gasteiger partial charge is 0.465 e. The first-order chi connectivity index (χ1) is 11.7. The minimum atomic E-state index is -0.941. The molecule has 4 heteroatoms. The van der Waals surface area contributed by atoms with Gasteiger partial charge in [-0.25, -0.2) is 4.79 Å². The summed E-state index contributed by atoms with van der Waals surface area (Å²) in [4.78, 5) is 16.8. The number of hydrogen-bond donors (Lipinski definition) is 1. The molecule has 0 unspecified atom stereocenters. The molecule has 1 aromatic heterocycles. The summed E-state index contributed by atoms with van der Waals surface area (Å²) in [7, 11) is 0. The summed E-state index contributed by atoms with van der Waals surface area (Å²) < 4.78 is 0. The molecule has 0 saturated heterocycles. The van der Waals surface area contributed by atoms with E-state index in [2.05, 4.69) is 11.1 Å². The van der Waals surface area contributed by atoms with Crippen LogP contribution in [-0.2, 0) is 0 Å². The number of rotatable bonds is 4. The Hall–Kier alpha value is -3.14. The van der Waals surface area contributed by atoms with Gasteiger partial charge < -0.3 is 5.11 Å². The summed E-state index contributed by atoms with van der Waals surface area (Å²) in [6.07, 6.45) is 4.93. The van der Waals surface area contributed by atoms with Crippen LogP contribution < -0.4 is 4.90 Å². The number of benzene rings is 2. The topological polar surface area (TPSA) is 53.4 Å². The van der Waals surface area contributed by atoms with Gasteiger partial charge in [-0.05, 0) is 42.3 Å². The molecular weight excluding hydrogens is 300 g/mol. The van der Waals surface area contributed by atoms with Crippen LogP contribution in [0.25, 0.3) is 23.1 Å². The molecule has 3 rings (SSSR count). The highest BCUT2D eigenvalue weighted by Crippen LogP contribution is 2.20. The predicted octanol–water partition coefficient (Wildman–Crippen LogP) is 4.91. The Morgan fingerprint density at radius 1 is 1.08 bits per heavy atom. The van der Waals surface area contributed by atoms with E-state index in [0.29, 0.717) is 12.2 Å². The third-order valence-corrected chi connectivity index (χ3v) is 3.89. The number of carboxylic acid groups (broad SMARTS) is 1. The highest BCUT2D eigenvalue weighted by atomic mass is 16.4. The maximum atomic E-state index is 11.2. The molecule has 1 heterocycles. The number of anilines is 1. The number of fused-ring (bicyclic) bond motifs is 1. The van der Waals surface area contributed by atoms with E-state index < -0.39 is 6.09 Å². The Morgan fingerprint density at radius 3 is 2.54 bits per heavy atom. The van der Waals surface area contributed by atoms with Crippen molar-refractivity contribution in [3.8, 4) is 0 Å². The monoisotopic (exact) mass is 318 g/mol. The number of carbonyl (C=O) groups is 1. The number of amides is 1. The standard InChI is InChI=1S/C20H18N2O2/c1-2-22(20(23)24)17-11-8-15(9-12-17)7-10-16-13-14-21-19-6-4-3-5-18(16)19/h3-14H,2H2,1H3,(H,23,24)/b10-7+. The SMILES string of the molecule is CCN(C(=O)O)c1ccc(/C=C/c2ccnc3ccccc23)cc1. The summed E-state index contributed by atoms with van der Waals surface area (Å²) in [5.41, 5.74) is 3.76. The molecular formula is C20H18N2O2. The zero-order valence-electron chi connectivity index (χ0n) is 13.4. The zero-order valence-corrected chi connectivity index (χ0v) is 13.4. The normalized spacial score (nSPS) is 11.0. The third-order valence-electron chi connectivity index (χ3n) is 3.89. The molecule has 3 aromatic rings. The number of nitrogens with zero attached hydrogens (tertiary/aromatic N) is 2. The van der Waals surface area contributed by atoms with E-state index in [1.54, 1.807) is 6.20 Å². The lowest BCUT2D eigenvalue weighted by molar-refractivity contribution is 0.202. The molecule has 24 heavy (non-hydrogen) atoms. The van der Waals surface area contributed by atoms with Gasteiger partial charge in [0.05, 0.1) is 5.52 Å². The minimum absolute atomic E-state index is 0.424. The number of aromatic nitrogens is 1.